The average molecular weight is 359 g/mol. The summed E-state index contributed by atoms with van der Waals surface area (Å²) in [6.07, 6.45) is 7.00. The molecule has 2 N–H and O–H groups in total. The van der Waals surface area contributed by atoms with Crippen molar-refractivity contribution < 1.29 is 27.5 Å². The van der Waals surface area contributed by atoms with E-state index in [0.717, 1.165) is 44.9 Å². The molecule has 1 saturated carbocycles. The summed E-state index contributed by atoms with van der Waals surface area (Å²) in [4.78, 5) is 22.5. The summed E-state index contributed by atoms with van der Waals surface area (Å²) in [5.74, 6) is 1.16. The minimum atomic E-state index is -1.45. The predicted octanol–water partition coefficient (Wildman–Crippen LogP) is 3.52. The molecule has 0 bridgehead atoms. The maximum atomic E-state index is 11.4. The van der Waals surface area contributed by atoms with E-state index >= 15 is 0 Å². The van der Waals surface area contributed by atoms with Crippen molar-refractivity contribution in [3.63, 3.8) is 0 Å². The molecular weight excluding hydrogens is 324 g/mol. The third-order valence-corrected chi connectivity index (χ3v) is 10.4. The fraction of sp³-hybridized carbons (Fsp3) is 0.889. The van der Waals surface area contributed by atoms with E-state index in [4.69, 9.17) is 0 Å². The topological polar surface area (TPSA) is 58.2 Å². The van der Waals surface area contributed by atoms with E-state index < -0.39 is 17.9 Å². The minimum absolute atomic E-state index is 0.0759. The van der Waals surface area contributed by atoms with E-state index in [1.165, 1.54) is 0 Å². The van der Waals surface area contributed by atoms with Gasteiger partial charge in [0.05, 0.1) is 0 Å². The zero-order valence-corrected chi connectivity index (χ0v) is 17.3. The molecule has 2 amide bonds. The Morgan fingerprint density at radius 1 is 1.09 bits per heavy atom. The Morgan fingerprint density at radius 2 is 1.65 bits per heavy atom. The van der Waals surface area contributed by atoms with Gasteiger partial charge in [-0.3, -0.25) is 0 Å². The Labute approximate surface area is 148 Å². The monoisotopic (exact) mass is 359 g/mol. The van der Waals surface area contributed by atoms with E-state index in [-0.39, 0.29) is 15.3 Å². The number of carbonyl (C=O) groups excluding carboxylic acids is 2. The first-order valence-corrected chi connectivity index (χ1v) is 12.9. The molecule has 0 spiro atoms. The van der Waals surface area contributed by atoms with Crippen molar-refractivity contribution in [3.8, 4) is 0 Å². The molecule has 1 aliphatic rings. The summed E-state index contributed by atoms with van der Waals surface area (Å²) in [5.41, 5.74) is 0.183. The Kier molecular flexibility index (Phi) is 7.80. The predicted molar refractivity (Wildman–Crippen MR) is 91.8 cm³/mol. The van der Waals surface area contributed by atoms with Gasteiger partial charge in [-0.25, -0.2) is 0 Å². The van der Waals surface area contributed by atoms with Crippen LogP contribution in [0, 0.1) is 17.3 Å². The van der Waals surface area contributed by atoms with Crippen LogP contribution in [0.5, 0.6) is 0 Å². The van der Waals surface area contributed by atoms with Gasteiger partial charge in [0, 0.05) is 0 Å². The van der Waals surface area contributed by atoms with Gasteiger partial charge in [0.1, 0.15) is 0 Å². The summed E-state index contributed by atoms with van der Waals surface area (Å²) in [6.45, 7) is 9.23. The fourth-order valence-corrected chi connectivity index (χ4v) is 7.30. The van der Waals surface area contributed by atoms with Crippen LogP contribution in [0.1, 0.15) is 59.8 Å². The van der Waals surface area contributed by atoms with Crippen LogP contribution < -0.4 is 10.6 Å². The van der Waals surface area contributed by atoms with E-state index in [1.54, 1.807) is 0 Å². The zero-order chi connectivity index (χ0) is 17.7. The normalized spacial score (nSPS) is 33.4. The van der Waals surface area contributed by atoms with Gasteiger partial charge < -0.3 is 0 Å². The van der Waals surface area contributed by atoms with Crippen LogP contribution in [0.25, 0.3) is 0 Å². The van der Waals surface area contributed by atoms with Gasteiger partial charge >= 0.3 is 148 Å². The molecular formula is C18H35N2O2Ti. The quantitative estimate of drug-likeness (QED) is 0.489. The molecule has 0 aromatic carbocycles. The number of nitrogens with one attached hydrogen (secondary N) is 2. The van der Waals surface area contributed by atoms with E-state index in [0.29, 0.717) is 11.8 Å². The zero-order valence-electron chi connectivity index (χ0n) is 15.7. The summed E-state index contributed by atoms with van der Waals surface area (Å²) >= 11 is -1.45. The molecule has 1 fully saturated rings. The molecule has 133 valence electrons. The van der Waals surface area contributed by atoms with Crippen molar-refractivity contribution >= 4 is 12.8 Å². The van der Waals surface area contributed by atoms with Crippen LogP contribution >= 0.6 is 0 Å². The van der Waals surface area contributed by atoms with Crippen molar-refractivity contribution in [2.45, 2.75) is 80.1 Å². The molecule has 5 heteroatoms. The molecule has 4 atom stereocenters. The molecule has 4 unspecified atom stereocenters. The van der Waals surface area contributed by atoms with Crippen LogP contribution in [0.2, 0.25) is 10.5 Å². The van der Waals surface area contributed by atoms with Crippen LogP contribution in [0.3, 0.4) is 0 Å². The number of hydrogen-bond acceptors (Lipinski definition) is 2. The Balaban J connectivity index is 3.36. The van der Waals surface area contributed by atoms with Crippen molar-refractivity contribution in [1.29, 1.82) is 0 Å². The molecule has 23 heavy (non-hydrogen) atoms. The van der Waals surface area contributed by atoms with Crippen molar-refractivity contribution in [3.05, 3.63) is 0 Å². The summed E-state index contributed by atoms with van der Waals surface area (Å²) < 4.78 is -0.0759. The standard InChI is InChI=1S/C16H29N2O2.2CH3.Ti/c1-5-12(3)16(13(4)6-2)8-14(17-10-19)7-15(9-16)18-11-20;;;/h10-14H,5-9H2,1-4H3,(H,17,19)(H,18,20);2*1H3;. The molecule has 0 aliphatic heterocycles. The number of hydrogen-bond donors (Lipinski definition) is 2. The third kappa shape index (κ3) is 4.20. The summed E-state index contributed by atoms with van der Waals surface area (Å²) in [7, 11) is 0. The van der Waals surface area contributed by atoms with Crippen LogP contribution in [0.15, 0.2) is 0 Å². The van der Waals surface area contributed by atoms with Gasteiger partial charge in [0.25, 0.3) is 0 Å². The Morgan fingerprint density at radius 3 is 2.04 bits per heavy atom. The maximum absolute atomic E-state index is 11.4. The van der Waals surface area contributed by atoms with Gasteiger partial charge in [0.15, 0.2) is 0 Å². The van der Waals surface area contributed by atoms with E-state index in [9.17, 15) is 9.59 Å². The molecule has 0 radical (unpaired) electrons. The number of carbonyl (C=O) groups is 2. The van der Waals surface area contributed by atoms with Crippen LogP contribution in [0.4, 0.5) is 0 Å². The first-order valence-electron chi connectivity index (χ1n) is 9.03. The molecule has 1 aliphatic carbocycles. The molecule has 0 heterocycles. The van der Waals surface area contributed by atoms with Crippen molar-refractivity contribution in [2.24, 2.45) is 17.3 Å². The Hall–Kier alpha value is -0.346. The molecule has 0 saturated heterocycles. The second-order valence-corrected chi connectivity index (χ2v) is 12.4. The summed E-state index contributed by atoms with van der Waals surface area (Å²) in [5, 5.41) is 11.0. The second kappa shape index (κ2) is 8.66. The van der Waals surface area contributed by atoms with Gasteiger partial charge in [-0.1, -0.05) is 0 Å². The summed E-state index contributed by atoms with van der Waals surface area (Å²) in [6, 6.07) is 0.166. The van der Waals surface area contributed by atoms with Crippen LogP contribution in [-0.2, 0) is 27.5 Å². The average Bonchev–Trinajstić information content (AvgIpc) is 2.53. The second-order valence-electron chi connectivity index (χ2n) is 7.76. The molecule has 0 aromatic heterocycles. The SMILES string of the molecule is CCC(C)C1(C(C)CC)CC(NC=O)C[C](NC=O)([Ti]([CH3])[CH3])C1. The van der Waals surface area contributed by atoms with Gasteiger partial charge in [-0.05, 0) is 0 Å². The number of amides is 2. The fourth-order valence-electron chi connectivity index (χ4n) is 4.67. The van der Waals surface area contributed by atoms with Gasteiger partial charge in [0.2, 0.25) is 0 Å². The van der Waals surface area contributed by atoms with Crippen molar-refractivity contribution in [1.82, 2.24) is 10.6 Å². The van der Waals surface area contributed by atoms with Gasteiger partial charge in [-0.15, -0.1) is 0 Å². The van der Waals surface area contributed by atoms with Gasteiger partial charge in [-0.2, -0.15) is 0 Å². The van der Waals surface area contributed by atoms with Crippen LogP contribution in [-0.4, -0.2) is 22.7 Å². The molecule has 0 aromatic rings. The Bertz CT molecular complexity index is 392. The number of rotatable bonds is 9. The first-order chi connectivity index (χ1) is 10.8. The molecule has 1 rings (SSSR count). The van der Waals surface area contributed by atoms with Crippen molar-refractivity contribution in [2.75, 3.05) is 0 Å². The van der Waals surface area contributed by atoms with E-state index in [2.05, 4.69) is 48.8 Å². The third-order valence-electron chi connectivity index (χ3n) is 6.64. The van der Waals surface area contributed by atoms with E-state index in [1.807, 2.05) is 0 Å². The first kappa shape index (κ1) is 20.7. The molecule has 4 nitrogen and oxygen atoms in total.